The van der Waals surface area contributed by atoms with Crippen LogP contribution < -0.4 is 25.2 Å². The molecule has 0 aliphatic carbocycles. The van der Waals surface area contributed by atoms with Crippen molar-refractivity contribution in [1.29, 1.82) is 0 Å². The zero-order chi connectivity index (χ0) is 19.2. The number of carbonyl (C=O) groups is 3. The molecule has 3 rings (SSSR count). The molecule has 0 saturated carbocycles. The summed E-state index contributed by atoms with van der Waals surface area (Å²) >= 11 is 0. The number of nitrogens with one attached hydrogen (secondary N) is 2. The average Bonchev–Trinajstić information content (AvgIpc) is 2.98. The number of hydrogen-bond donors (Lipinski definition) is 2. The third kappa shape index (κ3) is 4.42. The Hall–Kier alpha value is -3.39. The lowest BCUT2D eigenvalue weighted by Gasteiger charge is -2.16. The number of hydrogen-bond acceptors (Lipinski definition) is 6. The smallest absolute Gasteiger partial charge is 0.272 e. The van der Waals surface area contributed by atoms with Crippen molar-refractivity contribution in [2.75, 3.05) is 18.6 Å². The van der Waals surface area contributed by atoms with Crippen molar-refractivity contribution in [3.8, 4) is 11.5 Å². The van der Waals surface area contributed by atoms with E-state index in [1.165, 1.54) is 7.11 Å². The first kappa shape index (κ1) is 18.4. The monoisotopic (exact) mass is 369 g/mol. The summed E-state index contributed by atoms with van der Waals surface area (Å²) in [6.45, 7) is -0.253. The van der Waals surface area contributed by atoms with Gasteiger partial charge in [0.2, 0.25) is 5.91 Å². The Morgan fingerprint density at radius 2 is 1.85 bits per heavy atom. The number of rotatable bonds is 7. The predicted molar refractivity (Wildman–Crippen MR) is 97.1 cm³/mol. The molecule has 8 heteroatoms. The van der Waals surface area contributed by atoms with E-state index in [2.05, 4.69) is 10.9 Å². The number of methoxy groups -OCH3 is 1. The molecule has 2 aromatic carbocycles. The number of carbonyl (C=O) groups excluding carboxylic acids is 3. The van der Waals surface area contributed by atoms with Gasteiger partial charge in [0.15, 0.2) is 6.61 Å². The summed E-state index contributed by atoms with van der Waals surface area (Å²) in [5, 5.41) is 0. The van der Waals surface area contributed by atoms with Crippen LogP contribution in [0.4, 0.5) is 5.69 Å². The SMILES string of the molecule is COc1cccc(OCC(=O)NNC2CC(=O)N(c3ccccc3)C2=O)c1. The van der Waals surface area contributed by atoms with E-state index < -0.39 is 17.9 Å². The highest BCUT2D eigenvalue weighted by Crippen LogP contribution is 2.22. The molecule has 1 fully saturated rings. The van der Waals surface area contributed by atoms with Gasteiger partial charge in [0.05, 0.1) is 19.2 Å². The molecule has 1 saturated heterocycles. The summed E-state index contributed by atoms with van der Waals surface area (Å²) in [6, 6.07) is 14.7. The number of benzene rings is 2. The molecule has 2 aromatic rings. The average molecular weight is 369 g/mol. The fourth-order valence-corrected chi connectivity index (χ4v) is 2.64. The lowest BCUT2D eigenvalue weighted by molar-refractivity contribution is -0.125. The molecule has 0 spiro atoms. The summed E-state index contributed by atoms with van der Waals surface area (Å²) in [5.41, 5.74) is 5.51. The second-order valence-corrected chi connectivity index (χ2v) is 5.82. The van der Waals surface area contributed by atoms with Crippen LogP contribution >= 0.6 is 0 Å². The van der Waals surface area contributed by atoms with Crippen molar-refractivity contribution >= 4 is 23.4 Å². The quantitative estimate of drug-likeness (QED) is 0.559. The van der Waals surface area contributed by atoms with Crippen LogP contribution in [0.25, 0.3) is 0 Å². The van der Waals surface area contributed by atoms with Gasteiger partial charge in [-0.15, -0.1) is 0 Å². The van der Waals surface area contributed by atoms with E-state index in [-0.39, 0.29) is 18.9 Å². The molecule has 0 radical (unpaired) electrons. The van der Waals surface area contributed by atoms with Crippen LogP contribution in [0.3, 0.4) is 0 Å². The van der Waals surface area contributed by atoms with Gasteiger partial charge in [-0.3, -0.25) is 19.8 Å². The second kappa shape index (κ2) is 8.33. The van der Waals surface area contributed by atoms with Crippen LogP contribution in [0.2, 0.25) is 0 Å². The first-order chi connectivity index (χ1) is 13.1. The van der Waals surface area contributed by atoms with Crippen LogP contribution in [0, 0.1) is 0 Å². The molecular formula is C19H19N3O5. The predicted octanol–water partition coefficient (Wildman–Crippen LogP) is 1.03. The van der Waals surface area contributed by atoms with Crippen molar-refractivity contribution in [2.45, 2.75) is 12.5 Å². The van der Waals surface area contributed by atoms with Crippen LogP contribution in [-0.4, -0.2) is 37.5 Å². The Bertz CT molecular complexity index is 840. The lowest BCUT2D eigenvalue weighted by atomic mass is 10.2. The third-order valence-electron chi connectivity index (χ3n) is 3.96. The van der Waals surface area contributed by atoms with Crippen molar-refractivity contribution in [2.24, 2.45) is 0 Å². The summed E-state index contributed by atoms with van der Waals surface area (Å²) in [4.78, 5) is 37.6. The number of hydrazine groups is 1. The van der Waals surface area contributed by atoms with Gasteiger partial charge in [0.25, 0.3) is 11.8 Å². The van der Waals surface area contributed by atoms with Crippen LogP contribution in [-0.2, 0) is 14.4 Å². The molecule has 1 atom stereocenters. The Morgan fingerprint density at radius 1 is 1.11 bits per heavy atom. The molecule has 0 bridgehead atoms. The van der Waals surface area contributed by atoms with Gasteiger partial charge in [0.1, 0.15) is 17.5 Å². The van der Waals surface area contributed by atoms with Crippen molar-refractivity contribution in [3.05, 3.63) is 54.6 Å². The Balaban J connectivity index is 1.50. The standard InChI is InChI=1S/C19H19N3O5/c1-26-14-8-5-9-15(10-14)27-12-17(23)21-20-16-11-18(24)22(19(16)25)13-6-3-2-4-7-13/h2-10,16,20H,11-12H2,1H3,(H,21,23). The largest absolute Gasteiger partial charge is 0.497 e. The van der Waals surface area contributed by atoms with Gasteiger partial charge in [-0.05, 0) is 24.3 Å². The zero-order valence-electron chi connectivity index (χ0n) is 14.7. The number of imide groups is 1. The van der Waals surface area contributed by atoms with Crippen LogP contribution in [0.5, 0.6) is 11.5 Å². The van der Waals surface area contributed by atoms with Gasteiger partial charge < -0.3 is 9.47 Å². The van der Waals surface area contributed by atoms with Gasteiger partial charge in [-0.25, -0.2) is 10.3 Å². The molecule has 2 N–H and O–H groups in total. The molecule has 1 aliphatic rings. The van der Waals surface area contributed by atoms with E-state index in [0.29, 0.717) is 17.2 Å². The number of nitrogens with zero attached hydrogens (tertiary/aromatic N) is 1. The first-order valence-electron chi connectivity index (χ1n) is 8.31. The van der Waals surface area contributed by atoms with Crippen LogP contribution in [0.1, 0.15) is 6.42 Å². The minimum Gasteiger partial charge on any atom is -0.497 e. The summed E-state index contributed by atoms with van der Waals surface area (Å²) in [5.74, 6) is -0.129. The molecule has 140 valence electrons. The first-order valence-corrected chi connectivity index (χ1v) is 8.31. The Morgan fingerprint density at radius 3 is 2.59 bits per heavy atom. The summed E-state index contributed by atoms with van der Waals surface area (Å²) in [6.07, 6.45) is -0.0370. The molecule has 1 unspecified atom stereocenters. The maximum atomic E-state index is 12.4. The van der Waals surface area contributed by atoms with E-state index in [1.807, 2.05) is 0 Å². The minimum atomic E-state index is -0.821. The van der Waals surface area contributed by atoms with Crippen molar-refractivity contribution in [3.63, 3.8) is 0 Å². The van der Waals surface area contributed by atoms with Gasteiger partial charge >= 0.3 is 0 Å². The van der Waals surface area contributed by atoms with E-state index >= 15 is 0 Å². The number of ether oxygens (including phenoxy) is 2. The molecule has 8 nitrogen and oxygen atoms in total. The van der Waals surface area contributed by atoms with Crippen molar-refractivity contribution in [1.82, 2.24) is 10.9 Å². The van der Waals surface area contributed by atoms with Gasteiger partial charge in [0, 0.05) is 6.07 Å². The maximum Gasteiger partial charge on any atom is 0.272 e. The summed E-state index contributed by atoms with van der Waals surface area (Å²) < 4.78 is 10.4. The summed E-state index contributed by atoms with van der Waals surface area (Å²) in [7, 11) is 1.54. The van der Waals surface area contributed by atoms with E-state index in [4.69, 9.17) is 9.47 Å². The van der Waals surface area contributed by atoms with E-state index in [0.717, 1.165) is 4.90 Å². The fourth-order valence-electron chi connectivity index (χ4n) is 2.64. The highest BCUT2D eigenvalue weighted by atomic mass is 16.5. The van der Waals surface area contributed by atoms with E-state index in [9.17, 15) is 14.4 Å². The second-order valence-electron chi connectivity index (χ2n) is 5.82. The van der Waals surface area contributed by atoms with Crippen LogP contribution in [0.15, 0.2) is 54.6 Å². The molecule has 0 aromatic heterocycles. The fraction of sp³-hybridized carbons (Fsp3) is 0.211. The van der Waals surface area contributed by atoms with Gasteiger partial charge in [-0.2, -0.15) is 0 Å². The van der Waals surface area contributed by atoms with Gasteiger partial charge in [-0.1, -0.05) is 24.3 Å². The Kier molecular flexibility index (Phi) is 5.68. The topological polar surface area (TPSA) is 97.0 Å². The highest BCUT2D eigenvalue weighted by molar-refractivity contribution is 6.22. The number of anilines is 1. The zero-order valence-corrected chi connectivity index (χ0v) is 14.7. The van der Waals surface area contributed by atoms with Crippen molar-refractivity contribution < 1.29 is 23.9 Å². The number of para-hydroxylation sites is 1. The Labute approximate surface area is 156 Å². The molecule has 27 heavy (non-hydrogen) atoms. The molecular weight excluding hydrogens is 350 g/mol. The third-order valence-corrected chi connectivity index (χ3v) is 3.96. The highest BCUT2D eigenvalue weighted by Gasteiger charge is 2.39. The molecule has 3 amide bonds. The lowest BCUT2D eigenvalue weighted by Crippen LogP contribution is -2.49. The van der Waals surface area contributed by atoms with E-state index in [1.54, 1.807) is 54.6 Å². The molecule has 1 aliphatic heterocycles. The maximum absolute atomic E-state index is 12.4. The molecule has 1 heterocycles. The number of amides is 3. The normalized spacial score (nSPS) is 16.3. The minimum absolute atomic E-state index is 0.0370.